The quantitative estimate of drug-likeness (QED) is 0.695. The van der Waals surface area contributed by atoms with Crippen molar-refractivity contribution in [2.45, 2.75) is 13.1 Å². The normalized spacial score (nSPS) is 10.5. The number of nitrogen functional groups attached to an aromatic ring is 1. The standard InChI is InChI=1S/C9H11N5O2/c10-7-5-8(15)12-9(16)14(7)4-3-13-2-1-11-6-13/h1-2,5-6H,3-4,10H2,(H,12,15,16). The van der Waals surface area contributed by atoms with Gasteiger partial charge < -0.3 is 10.3 Å². The van der Waals surface area contributed by atoms with Gasteiger partial charge in [0.1, 0.15) is 5.82 Å². The van der Waals surface area contributed by atoms with E-state index < -0.39 is 11.2 Å². The molecule has 2 heterocycles. The maximum absolute atomic E-state index is 11.4. The van der Waals surface area contributed by atoms with E-state index in [1.165, 1.54) is 10.6 Å². The van der Waals surface area contributed by atoms with Crippen molar-refractivity contribution in [2.75, 3.05) is 5.73 Å². The van der Waals surface area contributed by atoms with E-state index in [9.17, 15) is 9.59 Å². The van der Waals surface area contributed by atoms with E-state index in [-0.39, 0.29) is 5.82 Å². The lowest BCUT2D eigenvalue weighted by Gasteiger charge is -2.08. The fourth-order valence-electron chi connectivity index (χ4n) is 1.40. The van der Waals surface area contributed by atoms with Crippen LogP contribution < -0.4 is 17.0 Å². The van der Waals surface area contributed by atoms with Gasteiger partial charge in [-0.1, -0.05) is 0 Å². The number of H-pyrrole nitrogens is 1. The summed E-state index contributed by atoms with van der Waals surface area (Å²) in [5, 5.41) is 0. The molecule has 0 spiro atoms. The molecule has 0 unspecified atom stereocenters. The third-order valence-electron chi connectivity index (χ3n) is 2.21. The Kier molecular flexibility index (Phi) is 2.59. The lowest BCUT2D eigenvalue weighted by atomic mass is 10.5. The molecule has 0 aromatic carbocycles. The SMILES string of the molecule is Nc1cc(=O)[nH]c(=O)n1CCn1ccnc1. The van der Waals surface area contributed by atoms with E-state index in [0.29, 0.717) is 13.1 Å². The number of aromatic amines is 1. The van der Waals surface area contributed by atoms with Crippen molar-refractivity contribution in [1.29, 1.82) is 0 Å². The van der Waals surface area contributed by atoms with Crippen LogP contribution in [0.1, 0.15) is 0 Å². The fraction of sp³-hybridized carbons (Fsp3) is 0.222. The number of nitrogens with one attached hydrogen (secondary N) is 1. The lowest BCUT2D eigenvalue weighted by molar-refractivity contribution is 0.560. The molecular weight excluding hydrogens is 210 g/mol. The van der Waals surface area contributed by atoms with Crippen molar-refractivity contribution in [3.05, 3.63) is 45.6 Å². The Morgan fingerprint density at radius 2 is 2.19 bits per heavy atom. The predicted octanol–water partition coefficient (Wildman–Crippen LogP) is -0.985. The minimum absolute atomic E-state index is 0.161. The maximum Gasteiger partial charge on any atom is 0.329 e. The predicted molar refractivity (Wildman–Crippen MR) is 58.0 cm³/mol. The number of aryl methyl sites for hydroxylation is 1. The van der Waals surface area contributed by atoms with Gasteiger partial charge in [0.15, 0.2) is 0 Å². The van der Waals surface area contributed by atoms with Gasteiger partial charge in [0.05, 0.1) is 6.33 Å². The Hall–Kier alpha value is -2.31. The first-order valence-electron chi connectivity index (χ1n) is 4.72. The number of nitrogens with two attached hydrogens (primary N) is 1. The van der Waals surface area contributed by atoms with Gasteiger partial charge in [-0.3, -0.25) is 14.3 Å². The van der Waals surface area contributed by atoms with Gasteiger partial charge in [0.2, 0.25) is 0 Å². The summed E-state index contributed by atoms with van der Waals surface area (Å²) in [7, 11) is 0. The van der Waals surface area contributed by atoms with Gasteiger partial charge in [-0.25, -0.2) is 9.78 Å². The number of anilines is 1. The molecule has 0 fully saturated rings. The third-order valence-corrected chi connectivity index (χ3v) is 2.21. The van der Waals surface area contributed by atoms with E-state index >= 15 is 0 Å². The largest absolute Gasteiger partial charge is 0.385 e. The first kappa shape index (κ1) is 10.2. The number of hydrogen-bond donors (Lipinski definition) is 2. The average molecular weight is 221 g/mol. The molecule has 0 aliphatic carbocycles. The topological polar surface area (TPSA) is 98.7 Å². The summed E-state index contributed by atoms with van der Waals surface area (Å²) in [5.41, 5.74) is 4.60. The van der Waals surface area contributed by atoms with Crippen LogP contribution in [0.15, 0.2) is 34.4 Å². The second kappa shape index (κ2) is 4.05. The molecule has 2 aromatic heterocycles. The van der Waals surface area contributed by atoms with Crippen LogP contribution in [0, 0.1) is 0 Å². The van der Waals surface area contributed by atoms with Crippen molar-refractivity contribution >= 4 is 5.82 Å². The van der Waals surface area contributed by atoms with E-state index in [1.807, 2.05) is 4.57 Å². The third kappa shape index (κ3) is 2.02. The zero-order chi connectivity index (χ0) is 11.5. The molecular formula is C9H11N5O2. The molecule has 0 radical (unpaired) electrons. The minimum atomic E-state index is -0.495. The summed E-state index contributed by atoms with van der Waals surface area (Å²) in [4.78, 5) is 28.4. The fourth-order valence-corrected chi connectivity index (χ4v) is 1.40. The smallest absolute Gasteiger partial charge is 0.329 e. The Labute approximate surface area is 90.2 Å². The van der Waals surface area contributed by atoms with Gasteiger partial charge in [-0.2, -0.15) is 0 Å². The maximum atomic E-state index is 11.4. The van der Waals surface area contributed by atoms with E-state index in [2.05, 4.69) is 9.97 Å². The molecule has 2 rings (SSSR count). The Balaban J connectivity index is 2.22. The highest BCUT2D eigenvalue weighted by molar-refractivity contribution is 5.25. The van der Waals surface area contributed by atoms with Crippen LogP contribution in [0.25, 0.3) is 0 Å². The first-order valence-corrected chi connectivity index (χ1v) is 4.72. The van der Waals surface area contributed by atoms with Crippen molar-refractivity contribution in [2.24, 2.45) is 0 Å². The van der Waals surface area contributed by atoms with Gasteiger partial charge in [0.25, 0.3) is 5.56 Å². The Bertz CT molecular complexity index is 581. The van der Waals surface area contributed by atoms with Crippen molar-refractivity contribution in [3.63, 3.8) is 0 Å². The second-order valence-corrected chi connectivity index (χ2v) is 3.32. The monoisotopic (exact) mass is 221 g/mol. The first-order chi connectivity index (χ1) is 7.66. The molecule has 84 valence electrons. The zero-order valence-electron chi connectivity index (χ0n) is 8.46. The van der Waals surface area contributed by atoms with Crippen LogP contribution in [0.4, 0.5) is 5.82 Å². The van der Waals surface area contributed by atoms with Crippen molar-refractivity contribution < 1.29 is 0 Å². The van der Waals surface area contributed by atoms with Crippen molar-refractivity contribution in [1.82, 2.24) is 19.1 Å². The number of nitrogens with zero attached hydrogens (tertiary/aromatic N) is 3. The highest BCUT2D eigenvalue weighted by atomic mass is 16.2. The molecule has 16 heavy (non-hydrogen) atoms. The van der Waals surface area contributed by atoms with Crippen molar-refractivity contribution in [3.8, 4) is 0 Å². The van der Waals surface area contributed by atoms with Crippen LogP contribution in [-0.2, 0) is 13.1 Å². The molecule has 7 heteroatoms. The molecule has 0 amide bonds. The molecule has 0 aliphatic rings. The number of imidazole rings is 1. The lowest BCUT2D eigenvalue weighted by Crippen LogP contribution is -2.32. The Morgan fingerprint density at radius 3 is 2.81 bits per heavy atom. The molecule has 0 atom stereocenters. The van der Waals surface area contributed by atoms with E-state index in [0.717, 1.165) is 0 Å². The molecule has 0 aliphatic heterocycles. The highest BCUT2D eigenvalue weighted by Gasteiger charge is 2.02. The molecule has 2 aromatic rings. The number of aromatic nitrogens is 4. The summed E-state index contributed by atoms with van der Waals surface area (Å²) in [5.74, 6) is 0.161. The summed E-state index contributed by atoms with van der Waals surface area (Å²) in [6.45, 7) is 0.952. The number of hydrogen-bond acceptors (Lipinski definition) is 4. The van der Waals surface area contributed by atoms with E-state index in [1.54, 1.807) is 18.7 Å². The summed E-state index contributed by atoms with van der Waals surface area (Å²) in [6.07, 6.45) is 5.08. The molecule has 0 saturated heterocycles. The van der Waals surface area contributed by atoms with Crippen LogP contribution in [0.3, 0.4) is 0 Å². The highest BCUT2D eigenvalue weighted by Crippen LogP contribution is 1.94. The summed E-state index contributed by atoms with van der Waals surface area (Å²) < 4.78 is 3.12. The van der Waals surface area contributed by atoms with Crippen LogP contribution >= 0.6 is 0 Å². The second-order valence-electron chi connectivity index (χ2n) is 3.32. The summed E-state index contributed by atoms with van der Waals surface area (Å²) in [6, 6.07) is 1.19. The molecule has 3 N–H and O–H groups in total. The average Bonchev–Trinajstić information content (AvgIpc) is 2.68. The Morgan fingerprint density at radius 1 is 1.38 bits per heavy atom. The van der Waals surface area contributed by atoms with E-state index in [4.69, 9.17) is 5.73 Å². The van der Waals surface area contributed by atoms with Gasteiger partial charge >= 0.3 is 5.69 Å². The van der Waals surface area contributed by atoms with Crippen LogP contribution in [-0.4, -0.2) is 19.1 Å². The van der Waals surface area contributed by atoms with Crippen LogP contribution in [0.5, 0.6) is 0 Å². The number of rotatable bonds is 3. The van der Waals surface area contributed by atoms with Gasteiger partial charge in [-0.05, 0) is 0 Å². The molecule has 7 nitrogen and oxygen atoms in total. The zero-order valence-corrected chi connectivity index (χ0v) is 8.46. The molecule has 0 saturated carbocycles. The summed E-state index contributed by atoms with van der Waals surface area (Å²) >= 11 is 0. The minimum Gasteiger partial charge on any atom is -0.385 e. The van der Waals surface area contributed by atoms with Gasteiger partial charge in [0, 0.05) is 31.5 Å². The van der Waals surface area contributed by atoms with Crippen LogP contribution in [0.2, 0.25) is 0 Å². The molecule has 0 bridgehead atoms. The van der Waals surface area contributed by atoms with Gasteiger partial charge in [-0.15, -0.1) is 0 Å².